The summed E-state index contributed by atoms with van der Waals surface area (Å²) >= 11 is 0. The summed E-state index contributed by atoms with van der Waals surface area (Å²) in [4.78, 5) is 4.33. The second-order valence-corrected chi connectivity index (χ2v) is 7.83. The fourth-order valence-corrected chi connectivity index (χ4v) is 2.21. The quantitative estimate of drug-likeness (QED) is 0.623. The number of hydrogen-bond donors (Lipinski definition) is 2. The lowest BCUT2D eigenvalue weighted by Gasteiger charge is -2.27. The third-order valence-corrected chi connectivity index (χ3v) is 3.64. The molecule has 2 N–H and O–H groups in total. The van der Waals surface area contributed by atoms with Crippen LogP contribution in [0.5, 0.6) is 5.75 Å². The Morgan fingerprint density at radius 2 is 1.70 bits per heavy atom. The Labute approximate surface area is 140 Å². The van der Waals surface area contributed by atoms with Crippen molar-refractivity contribution in [3.8, 4) is 5.75 Å². The van der Waals surface area contributed by atoms with Crippen LogP contribution in [0.25, 0.3) is 0 Å². The zero-order valence-corrected chi connectivity index (χ0v) is 15.3. The van der Waals surface area contributed by atoms with Crippen molar-refractivity contribution in [2.24, 2.45) is 4.99 Å². The third-order valence-electron chi connectivity index (χ3n) is 3.64. The highest BCUT2D eigenvalue weighted by molar-refractivity contribution is 5.85. The molecule has 0 saturated carbocycles. The molecular weight excluding hydrogens is 290 g/mol. The van der Waals surface area contributed by atoms with Crippen molar-refractivity contribution in [2.75, 3.05) is 26.4 Å². The van der Waals surface area contributed by atoms with E-state index >= 15 is 0 Å². The summed E-state index contributed by atoms with van der Waals surface area (Å²) in [5, 5.41) is 19.3. The number of phenols is 1. The van der Waals surface area contributed by atoms with Gasteiger partial charge in [-0.15, -0.1) is 0 Å². The van der Waals surface area contributed by atoms with Gasteiger partial charge in [0, 0.05) is 17.3 Å². The van der Waals surface area contributed by atoms with E-state index in [1.807, 2.05) is 6.07 Å². The van der Waals surface area contributed by atoms with Crippen LogP contribution in [0.15, 0.2) is 17.1 Å². The number of rotatable bonds is 6. The monoisotopic (exact) mass is 321 g/mol. The minimum absolute atomic E-state index is 0.000523. The Morgan fingerprint density at radius 1 is 1.04 bits per heavy atom. The summed E-state index contributed by atoms with van der Waals surface area (Å²) in [7, 11) is 0. The zero-order chi connectivity index (χ0) is 17.7. The van der Waals surface area contributed by atoms with E-state index in [0.717, 1.165) is 11.1 Å². The van der Waals surface area contributed by atoms with Crippen LogP contribution in [-0.4, -0.2) is 42.8 Å². The largest absolute Gasteiger partial charge is 0.507 e. The summed E-state index contributed by atoms with van der Waals surface area (Å²) in [6, 6.07) is 4.10. The Kier molecular flexibility index (Phi) is 6.78. The fourth-order valence-electron chi connectivity index (χ4n) is 2.21. The number of phenolic OH excluding ortho intramolecular Hbond substituents is 1. The van der Waals surface area contributed by atoms with E-state index in [1.54, 1.807) is 6.21 Å². The van der Waals surface area contributed by atoms with Gasteiger partial charge < -0.3 is 14.9 Å². The summed E-state index contributed by atoms with van der Waals surface area (Å²) in [6.07, 6.45) is 1.71. The molecule has 0 aliphatic carbocycles. The van der Waals surface area contributed by atoms with E-state index in [1.165, 1.54) is 5.56 Å². The average Bonchev–Trinajstić information content (AvgIpc) is 2.41. The third kappa shape index (κ3) is 5.96. The van der Waals surface area contributed by atoms with Crippen molar-refractivity contribution in [1.29, 1.82) is 0 Å². The highest BCUT2D eigenvalue weighted by Gasteiger charge is 2.24. The van der Waals surface area contributed by atoms with Gasteiger partial charge in [-0.25, -0.2) is 0 Å². The van der Waals surface area contributed by atoms with Gasteiger partial charge in [0.15, 0.2) is 0 Å². The van der Waals surface area contributed by atoms with E-state index in [2.05, 4.69) is 52.6 Å². The van der Waals surface area contributed by atoms with E-state index in [0.29, 0.717) is 25.5 Å². The number of hydrogen-bond acceptors (Lipinski definition) is 4. The van der Waals surface area contributed by atoms with Gasteiger partial charge in [0.25, 0.3) is 0 Å². The van der Waals surface area contributed by atoms with Gasteiger partial charge in [-0.3, -0.25) is 4.99 Å². The fraction of sp³-hybridized carbons (Fsp3) is 0.632. The molecule has 4 heteroatoms. The molecule has 130 valence electrons. The summed E-state index contributed by atoms with van der Waals surface area (Å²) in [6.45, 7) is 14.1. The minimum atomic E-state index is -0.141. The van der Waals surface area contributed by atoms with Crippen molar-refractivity contribution in [3.63, 3.8) is 0 Å². The molecule has 0 heterocycles. The van der Waals surface area contributed by atoms with Gasteiger partial charge in [0.05, 0.1) is 26.4 Å². The molecule has 0 bridgehead atoms. The van der Waals surface area contributed by atoms with Crippen molar-refractivity contribution < 1.29 is 14.9 Å². The van der Waals surface area contributed by atoms with Gasteiger partial charge >= 0.3 is 0 Å². The molecule has 0 atom stereocenters. The van der Waals surface area contributed by atoms with Crippen LogP contribution in [0.4, 0.5) is 0 Å². The van der Waals surface area contributed by atoms with Crippen molar-refractivity contribution in [2.45, 2.75) is 52.4 Å². The number of ether oxygens (including phenoxy) is 1. The molecule has 0 saturated heterocycles. The highest BCUT2D eigenvalue weighted by atomic mass is 16.5. The van der Waals surface area contributed by atoms with Gasteiger partial charge in [-0.2, -0.15) is 0 Å². The van der Waals surface area contributed by atoms with E-state index < -0.39 is 0 Å². The smallest absolute Gasteiger partial charge is 0.128 e. The van der Waals surface area contributed by atoms with Crippen LogP contribution < -0.4 is 0 Å². The van der Waals surface area contributed by atoms with Crippen LogP contribution in [0.2, 0.25) is 0 Å². The van der Waals surface area contributed by atoms with Crippen LogP contribution in [0.3, 0.4) is 0 Å². The molecule has 4 nitrogen and oxygen atoms in total. The predicted octanol–water partition coefficient (Wildman–Crippen LogP) is 3.42. The first kappa shape index (κ1) is 19.7. The number of benzene rings is 1. The molecule has 0 spiro atoms. The molecule has 0 aliphatic heterocycles. The van der Waals surface area contributed by atoms with Crippen molar-refractivity contribution >= 4 is 6.21 Å². The van der Waals surface area contributed by atoms with Gasteiger partial charge in [0.2, 0.25) is 0 Å². The molecule has 1 rings (SSSR count). The van der Waals surface area contributed by atoms with Gasteiger partial charge in [-0.1, -0.05) is 47.6 Å². The molecule has 1 aromatic carbocycles. The number of aromatic hydroxyl groups is 1. The summed E-state index contributed by atoms with van der Waals surface area (Å²) in [5.41, 5.74) is 2.71. The molecular formula is C19H31NO3. The molecule has 0 unspecified atom stereocenters. The Balaban J connectivity index is 3.08. The summed E-state index contributed by atoms with van der Waals surface area (Å²) in [5.74, 6) is 0.297. The lowest BCUT2D eigenvalue weighted by atomic mass is 9.79. The maximum absolute atomic E-state index is 10.6. The first-order chi connectivity index (χ1) is 10.6. The molecule has 0 radical (unpaired) electrons. The Morgan fingerprint density at radius 3 is 2.22 bits per heavy atom. The van der Waals surface area contributed by atoms with Gasteiger partial charge in [0.1, 0.15) is 5.75 Å². The van der Waals surface area contributed by atoms with Gasteiger partial charge in [-0.05, 0) is 22.5 Å². The minimum Gasteiger partial charge on any atom is -0.507 e. The van der Waals surface area contributed by atoms with Crippen LogP contribution in [-0.2, 0) is 15.6 Å². The molecule has 0 fully saturated rings. The molecule has 23 heavy (non-hydrogen) atoms. The first-order valence-electron chi connectivity index (χ1n) is 8.13. The summed E-state index contributed by atoms with van der Waals surface area (Å²) < 4.78 is 5.18. The molecule has 1 aromatic rings. The molecule has 0 amide bonds. The van der Waals surface area contributed by atoms with E-state index in [4.69, 9.17) is 9.84 Å². The number of aliphatic hydroxyl groups is 1. The van der Waals surface area contributed by atoms with Crippen molar-refractivity contribution in [3.05, 3.63) is 28.8 Å². The Bertz CT molecular complexity index is 537. The second kappa shape index (κ2) is 7.93. The molecule has 0 aromatic heterocycles. The average molecular weight is 321 g/mol. The highest BCUT2D eigenvalue weighted by Crippen LogP contribution is 2.37. The maximum Gasteiger partial charge on any atom is 0.128 e. The number of aliphatic imine (C=N–C) groups is 1. The van der Waals surface area contributed by atoms with Crippen molar-refractivity contribution in [1.82, 2.24) is 0 Å². The normalized spacial score (nSPS) is 13.0. The van der Waals surface area contributed by atoms with Crippen LogP contribution >= 0.6 is 0 Å². The topological polar surface area (TPSA) is 62.0 Å². The lowest BCUT2D eigenvalue weighted by Crippen LogP contribution is -2.17. The van der Waals surface area contributed by atoms with E-state index in [-0.39, 0.29) is 17.4 Å². The number of aliphatic hydroxyl groups excluding tert-OH is 1. The van der Waals surface area contributed by atoms with E-state index in [9.17, 15) is 5.11 Å². The Hall–Kier alpha value is -1.39. The standard InChI is InChI=1S/C19H31NO3/c1-18(2,3)15-11-14(13-20-7-9-23-10-8-21)17(22)16(12-15)19(4,5)6/h11-13,21-22H,7-10H2,1-6H3. The maximum atomic E-state index is 10.6. The second-order valence-electron chi connectivity index (χ2n) is 7.83. The first-order valence-corrected chi connectivity index (χ1v) is 8.13. The lowest BCUT2D eigenvalue weighted by molar-refractivity contribution is 0.0978. The predicted molar refractivity (Wildman–Crippen MR) is 95.9 cm³/mol. The SMILES string of the molecule is CC(C)(C)c1cc(C=NCCOCCO)c(O)c(C(C)(C)C)c1. The molecule has 0 aliphatic rings. The zero-order valence-electron chi connectivity index (χ0n) is 15.3. The van der Waals surface area contributed by atoms with Crippen LogP contribution in [0.1, 0.15) is 58.2 Å². The number of nitrogens with zero attached hydrogens (tertiary/aromatic N) is 1. The van der Waals surface area contributed by atoms with Crippen LogP contribution in [0, 0.1) is 0 Å².